The summed E-state index contributed by atoms with van der Waals surface area (Å²) in [6.45, 7) is 0.494. The van der Waals surface area contributed by atoms with Crippen LogP contribution in [0.5, 0.6) is 5.75 Å². The molecule has 6 heteroatoms. The van der Waals surface area contributed by atoms with Gasteiger partial charge in [-0.05, 0) is 23.3 Å². The summed E-state index contributed by atoms with van der Waals surface area (Å²) in [5.41, 5.74) is 4.95. The van der Waals surface area contributed by atoms with E-state index in [0.717, 1.165) is 33.7 Å². The molecule has 2 heterocycles. The van der Waals surface area contributed by atoms with Crippen LogP contribution in [-0.4, -0.2) is 25.7 Å². The van der Waals surface area contributed by atoms with Crippen molar-refractivity contribution in [1.29, 1.82) is 0 Å². The van der Waals surface area contributed by atoms with Gasteiger partial charge in [0.25, 0.3) is 0 Å². The third-order valence-corrected chi connectivity index (χ3v) is 5.22. The van der Waals surface area contributed by atoms with Crippen molar-refractivity contribution in [2.75, 3.05) is 0 Å². The monoisotopic (exact) mass is 421 g/mol. The Morgan fingerprint density at radius 2 is 1.53 bits per heavy atom. The number of carbonyl (C=O) groups is 1. The average Bonchev–Trinajstić information content (AvgIpc) is 3.28. The molecule has 32 heavy (non-hydrogen) atoms. The Balaban J connectivity index is 1.54. The summed E-state index contributed by atoms with van der Waals surface area (Å²) in [6.07, 6.45) is 3.03. The normalized spacial score (nSPS) is 10.9. The number of ether oxygens (including phenoxy) is 1. The molecule has 0 spiro atoms. The lowest BCUT2D eigenvalue weighted by atomic mass is 10.0. The Morgan fingerprint density at radius 3 is 2.22 bits per heavy atom. The van der Waals surface area contributed by atoms with Crippen molar-refractivity contribution in [3.05, 3.63) is 108 Å². The van der Waals surface area contributed by atoms with Gasteiger partial charge in [-0.1, -0.05) is 72.8 Å². The minimum absolute atomic E-state index is 0.0680. The van der Waals surface area contributed by atoms with E-state index in [1.807, 2.05) is 84.9 Å². The summed E-state index contributed by atoms with van der Waals surface area (Å²) in [7, 11) is 0. The number of nitrogens with zero attached hydrogens (tertiary/aromatic N) is 3. The number of carboxylic acids is 1. The van der Waals surface area contributed by atoms with Gasteiger partial charge in [0.15, 0.2) is 5.65 Å². The molecule has 0 aliphatic carbocycles. The summed E-state index contributed by atoms with van der Waals surface area (Å²) in [5, 5.41) is 13.8. The van der Waals surface area contributed by atoms with Crippen molar-refractivity contribution >= 4 is 11.6 Å². The van der Waals surface area contributed by atoms with Crippen LogP contribution in [0.3, 0.4) is 0 Å². The maximum absolute atomic E-state index is 11.6. The highest BCUT2D eigenvalue weighted by atomic mass is 16.5. The molecule has 6 nitrogen and oxygen atoms in total. The van der Waals surface area contributed by atoms with Gasteiger partial charge in [-0.25, -0.2) is 14.3 Å². The van der Waals surface area contributed by atoms with Gasteiger partial charge in [0, 0.05) is 17.3 Å². The van der Waals surface area contributed by atoms with E-state index < -0.39 is 5.97 Å². The third-order valence-electron chi connectivity index (χ3n) is 5.22. The molecule has 0 radical (unpaired) electrons. The Bertz CT molecular complexity index is 1380. The van der Waals surface area contributed by atoms with Crippen molar-refractivity contribution < 1.29 is 14.6 Å². The molecule has 0 saturated carbocycles. The van der Waals surface area contributed by atoms with Gasteiger partial charge in [0.05, 0.1) is 11.9 Å². The van der Waals surface area contributed by atoms with Crippen LogP contribution in [0, 0.1) is 0 Å². The molecule has 1 N–H and O–H groups in total. The molecular weight excluding hydrogens is 402 g/mol. The van der Waals surface area contributed by atoms with Crippen LogP contribution in [0.1, 0.15) is 15.9 Å². The topological polar surface area (TPSA) is 76.7 Å². The molecule has 0 unspecified atom stereocenters. The number of rotatable bonds is 6. The van der Waals surface area contributed by atoms with Crippen molar-refractivity contribution in [2.24, 2.45) is 0 Å². The number of aromatic nitrogens is 3. The van der Waals surface area contributed by atoms with Gasteiger partial charge in [-0.3, -0.25) is 0 Å². The fourth-order valence-electron chi connectivity index (χ4n) is 3.64. The maximum atomic E-state index is 11.6. The predicted octanol–water partition coefficient (Wildman–Crippen LogP) is 5.34. The highest BCUT2D eigenvalue weighted by Crippen LogP contribution is 2.33. The van der Waals surface area contributed by atoms with E-state index >= 15 is 0 Å². The van der Waals surface area contributed by atoms with Crippen molar-refractivity contribution in [2.45, 2.75) is 6.61 Å². The summed E-state index contributed by atoms with van der Waals surface area (Å²) < 4.78 is 7.49. The molecule has 0 amide bonds. The van der Waals surface area contributed by atoms with Gasteiger partial charge in [0.1, 0.15) is 17.9 Å². The smallest absolute Gasteiger partial charge is 0.341 e. The summed E-state index contributed by atoms with van der Waals surface area (Å²) in [5.74, 6) is -0.292. The lowest BCUT2D eigenvalue weighted by Gasteiger charge is -2.13. The standard InChI is InChI=1S/C26H19N3O3/c30-26(31)23-16-28-29-24(20-9-5-2-6-10-20)22(15-27-25(23)29)19-11-13-21(14-12-19)32-17-18-7-3-1-4-8-18/h1-16H,17H2,(H,30,31). The zero-order valence-corrected chi connectivity index (χ0v) is 17.1. The van der Waals surface area contributed by atoms with Gasteiger partial charge in [-0.2, -0.15) is 5.10 Å². The van der Waals surface area contributed by atoms with Gasteiger partial charge in [-0.15, -0.1) is 0 Å². The average molecular weight is 421 g/mol. The second-order valence-corrected chi connectivity index (χ2v) is 7.28. The quantitative estimate of drug-likeness (QED) is 0.400. The molecular formula is C26H19N3O3. The lowest BCUT2D eigenvalue weighted by Crippen LogP contribution is -2.02. The first-order valence-corrected chi connectivity index (χ1v) is 10.1. The van der Waals surface area contributed by atoms with Crippen molar-refractivity contribution in [3.8, 4) is 28.1 Å². The number of aromatic carboxylic acids is 1. The Labute approximate surface area is 184 Å². The number of hydrogen-bond donors (Lipinski definition) is 1. The van der Waals surface area contributed by atoms with Crippen LogP contribution < -0.4 is 4.74 Å². The third kappa shape index (κ3) is 3.70. The van der Waals surface area contributed by atoms with E-state index in [4.69, 9.17) is 4.74 Å². The largest absolute Gasteiger partial charge is 0.489 e. The molecule has 0 aliphatic heterocycles. The Hall–Kier alpha value is -4.45. The zero-order valence-electron chi connectivity index (χ0n) is 17.1. The maximum Gasteiger partial charge on any atom is 0.341 e. The molecule has 2 aromatic heterocycles. The van der Waals surface area contributed by atoms with Gasteiger partial charge >= 0.3 is 5.97 Å². The van der Waals surface area contributed by atoms with E-state index in [1.165, 1.54) is 6.20 Å². The molecule has 0 atom stereocenters. The second-order valence-electron chi connectivity index (χ2n) is 7.28. The summed E-state index contributed by atoms with van der Waals surface area (Å²) in [4.78, 5) is 16.0. The van der Waals surface area contributed by atoms with Crippen LogP contribution in [0.15, 0.2) is 97.3 Å². The molecule has 0 fully saturated rings. The van der Waals surface area contributed by atoms with E-state index in [9.17, 15) is 9.90 Å². The first-order chi connectivity index (χ1) is 15.7. The van der Waals surface area contributed by atoms with Crippen LogP contribution in [0.4, 0.5) is 0 Å². The van der Waals surface area contributed by atoms with E-state index in [0.29, 0.717) is 12.3 Å². The highest BCUT2D eigenvalue weighted by Gasteiger charge is 2.19. The van der Waals surface area contributed by atoms with Crippen LogP contribution >= 0.6 is 0 Å². The van der Waals surface area contributed by atoms with E-state index in [2.05, 4.69) is 10.1 Å². The fraction of sp³-hybridized carbons (Fsp3) is 0.0385. The second kappa shape index (κ2) is 8.35. The number of fused-ring (bicyclic) bond motifs is 1. The molecule has 0 bridgehead atoms. The summed E-state index contributed by atoms with van der Waals surface area (Å²) in [6, 6.07) is 27.5. The van der Waals surface area contributed by atoms with Crippen molar-refractivity contribution in [3.63, 3.8) is 0 Å². The van der Waals surface area contributed by atoms with Crippen LogP contribution in [-0.2, 0) is 6.61 Å². The van der Waals surface area contributed by atoms with Crippen LogP contribution in [0.25, 0.3) is 28.0 Å². The van der Waals surface area contributed by atoms with Crippen LogP contribution in [0.2, 0.25) is 0 Å². The van der Waals surface area contributed by atoms with E-state index in [-0.39, 0.29) is 5.56 Å². The first-order valence-electron chi connectivity index (χ1n) is 10.1. The first kappa shape index (κ1) is 19.5. The number of benzene rings is 3. The summed E-state index contributed by atoms with van der Waals surface area (Å²) >= 11 is 0. The minimum Gasteiger partial charge on any atom is -0.489 e. The molecule has 3 aromatic carbocycles. The lowest BCUT2D eigenvalue weighted by molar-refractivity contribution is 0.0698. The van der Waals surface area contributed by atoms with Gasteiger partial charge < -0.3 is 9.84 Å². The molecule has 0 aliphatic rings. The highest BCUT2D eigenvalue weighted by molar-refractivity contribution is 5.95. The number of hydrogen-bond acceptors (Lipinski definition) is 4. The molecule has 156 valence electrons. The Morgan fingerprint density at radius 1 is 0.844 bits per heavy atom. The molecule has 0 saturated heterocycles. The predicted molar refractivity (Wildman–Crippen MR) is 122 cm³/mol. The Kier molecular flexibility index (Phi) is 5.09. The molecule has 5 rings (SSSR count). The fourth-order valence-corrected chi connectivity index (χ4v) is 3.64. The zero-order chi connectivity index (χ0) is 21.9. The number of carboxylic acid groups (broad SMARTS) is 1. The molecule has 5 aromatic rings. The minimum atomic E-state index is -1.06. The SMILES string of the molecule is O=C(O)c1cnn2c(-c3ccccc3)c(-c3ccc(OCc4ccccc4)cc3)cnc12. The van der Waals surface area contributed by atoms with Gasteiger partial charge in [0.2, 0.25) is 0 Å². The van der Waals surface area contributed by atoms with E-state index in [1.54, 1.807) is 10.7 Å². The van der Waals surface area contributed by atoms with Crippen molar-refractivity contribution in [1.82, 2.24) is 14.6 Å².